The summed E-state index contributed by atoms with van der Waals surface area (Å²) in [6.07, 6.45) is 5.81. The van der Waals surface area contributed by atoms with Crippen LogP contribution in [0.25, 0.3) is 0 Å². The third-order valence-electron chi connectivity index (χ3n) is 9.49. The summed E-state index contributed by atoms with van der Waals surface area (Å²) >= 11 is 0. The second kappa shape index (κ2) is 15.6. The summed E-state index contributed by atoms with van der Waals surface area (Å²) in [6, 6.07) is 10.6. The molecular weight excluding hydrogens is 604 g/mol. The van der Waals surface area contributed by atoms with Crippen molar-refractivity contribution in [1.29, 1.82) is 0 Å². The Labute approximate surface area is 272 Å². The maximum Gasteiger partial charge on any atom is 0.254 e. The minimum atomic E-state index is -0.400. The number of hydrogen-bond acceptors (Lipinski definition) is 6. The van der Waals surface area contributed by atoms with Crippen molar-refractivity contribution in [2.45, 2.75) is 51.0 Å². The van der Waals surface area contributed by atoms with Crippen molar-refractivity contribution in [2.24, 2.45) is 5.92 Å². The van der Waals surface area contributed by atoms with E-state index in [4.69, 9.17) is 4.74 Å². The van der Waals surface area contributed by atoms with Gasteiger partial charge in [0, 0.05) is 75.7 Å². The topological polar surface area (TPSA) is 77.2 Å². The molecule has 0 aromatic heterocycles. The van der Waals surface area contributed by atoms with E-state index in [1.165, 1.54) is 30.5 Å². The van der Waals surface area contributed by atoms with E-state index in [1.807, 2.05) is 17.0 Å². The molecule has 0 spiro atoms. The Balaban J connectivity index is 0.00000221. The maximum atomic E-state index is 14.5. The Morgan fingerprint density at radius 2 is 1.43 bits per heavy atom. The zero-order chi connectivity index (χ0) is 29.1. The van der Waals surface area contributed by atoms with Crippen LogP contribution in [0.1, 0.15) is 71.2 Å². The van der Waals surface area contributed by atoms with Gasteiger partial charge in [0.1, 0.15) is 17.7 Å². The Bertz CT molecular complexity index is 1270. The molecule has 1 aliphatic carbocycles. The quantitative estimate of drug-likeness (QED) is 0.472. The molecule has 0 unspecified atom stereocenters. The van der Waals surface area contributed by atoms with E-state index >= 15 is 0 Å². The lowest BCUT2D eigenvalue weighted by Crippen LogP contribution is -2.50. The minimum absolute atomic E-state index is 0. The molecule has 3 aliphatic heterocycles. The summed E-state index contributed by atoms with van der Waals surface area (Å²) in [5.74, 6) is 1.48. The molecule has 3 saturated heterocycles. The van der Waals surface area contributed by atoms with Gasteiger partial charge in [-0.05, 0) is 79.6 Å². The van der Waals surface area contributed by atoms with Gasteiger partial charge in [-0.3, -0.25) is 9.59 Å². The van der Waals surface area contributed by atoms with Crippen molar-refractivity contribution in [3.63, 3.8) is 0 Å². The number of rotatable bonds is 6. The van der Waals surface area contributed by atoms with Crippen molar-refractivity contribution < 1.29 is 18.7 Å². The molecule has 2 N–H and O–H groups in total. The summed E-state index contributed by atoms with van der Waals surface area (Å²) < 4.78 is 21.0. The number of ether oxygens (including phenoxy) is 1. The highest BCUT2D eigenvalue weighted by Gasteiger charge is 2.29. The second-order valence-corrected chi connectivity index (χ2v) is 12.5. The molecule has 242 valence electrons. The molecule has 11 heteroatoms. The minimum Gasteiger partial charge on any atom is -0.489 e. The Kier molecular flexibility index (Phi) is 12.2. The zero-order valence-electron chi connectivity index (χ0n) is 25.6. The first-order valence-corrected chi connectivity index (χ1v) is 15.8. The van der Waals surface area contributed by atoms with Crippen LogP contribution >= 0.6 is 24.8 Å². The van der Waals surface area contributed by atoms with Crippen LogP contribution in [0.3, 0.4) is 0 Å². The molecular formula is C33H46Cl2FN5O3. The summed E-state index contributed by atoms with van der Waals surface area (Å²) in [5, 5.41) is 6.68. The molecule has 6 rings (SSSR count). The van der Waals surface area contributed by atoms with E-state index in [0.717, 1.165) is 75.9 Å². The van der Waals surface area contributed by atoms with Crippen molar-refractivity contribution in [2.75, 3.05) is 70.3 Å². The highest BCUT2D eigenvalue weighted by Crippen LogP contribution is 2.40. The number of carbonyl (C=O) groups is 2. The van der Waals surface area contributed by atoms with Crippen LogP contribution in [0.15, 0.2) is 36.4 Å². The molecule has 0 bridgehead atoms. The van der Waals surface area contributed by atoms with Gasteiger partial charge in [0.25, 0.3) is 11.8 Å². The molecule has 4 fully saturated rings. The predicted molar refractivity (Wildman–Crippen MR) is 177 cm³/mol. The van der Waals surface area contributed by atoms with Gasteiger partial charge in [-0.1, -0.05) is 19.8 Å². The van der Waals surface area contributed by atoms with Crippen LogP contribution in [0.4, 0.5) is 10.1 Å². The molecule has 1 saturated carbocycles. The van der Waals surface area contributed by atoms with Crippen molar-refractivity contribution in [3.8, 4) is 5.75 Å². The number of benzene rings is 2. The van der Waals surface area contributed by atoms with Crippen LogP contribution in [-0.2, 0) is 0 Å². The van der Waals surface area contributed by atoms with Gasteiger partial charge >= 0.3 is 0 Å². The third kappa shape index (κ3) is 7.97. The Morgan fingerprint density at radius 1 is 0.773 bits per heavy atom. The molecule has 44 heavy (non-hydrogen) atoms. The van der Waals surface area contributed by atoms with Gasteiger partial charge < -0.3 is 30.1 Å². The second-order valence-electron chi connectivity index (χ2n) is 12.5. The molecule has 4 aliphatic rings. The average molecular weight is 651 g/mol. The first-order chi connectivity index (χ1) is 20.4. The molecule has 2 amide bonds. The number of nitrogens with one attached hydrogen (secondary N) is 2. The van der Waals surface area contributed by atoms with Crippen LogP contribution in [0.2, 0.25) is 0 Å². The van der Waals surface area contributed by atoms with Gasteiger partial charge in [0.05, 0.1) is 0 Å². The molecule has 0 radical (unpaired) electrons. The number of nitrogens with zero attached hydrogens (tertiary/aromatic N) is 3. The lowest BCUT2D eigenvalue weighted by molar-refractivity contribution is 0.0535. The van der Waals surface area contributed by atoms with Crippen LogP contribution in [0.5, 0.6) is 5.75 Å². The van der Waals surface area contributed by atoms with Gasteiger partial charge in [-0.25, -0.2) is 4.39 Å². The van der Waals surface area contributed by atoms with Gasteiger partial charge in [-0.2, -0.15) is 0 Å². The normalized spacial score (nSPS) is 23.9. The Hall–Kier alpha value is -2.59. The molecule has 8 nitrogen and oxygen atoms in total. The fourth-order valence-corrected chi connectivity index (χ4v) is 6.87. The number of amides is 2. The summed E-state index contributed by atoms with van der Waals surface area (Å²) in [6.45, 7) is 9.15. The number of piperazine rings is 2. The fraction of sp³-hybridized carbons (Fsp3) is 0.576. The van der Waals surface area contributed by atoms with E-state index in [9.17, 15) is 14.0 Å². The van der Waals surface area contributed by atoms with Crippen molar-refractivity contribution in [1.82, 2.24) is 20.4 Å². The van der Waals surface area contributed by atoms with Crippen molar-refractivity contribution in [3.05, 3.63) is 58.9 Å². The molecule has 2 aromatic rings. The SMILES string of the molecule is CC1CCC(c2cc(C(=O)N3CCN(C(=O)c4cc(F)cc(N5CCNCC5)c4)CC3)ccc2O[C@H]2CCNC2)CC1.Cl.Cl. The number of carbonyl (C=O) groups excluding carboxylic acids is 2. The monoisotopic (exact) mass is 649 g/mol. The lowest BCUT2D eigenvalue weighted by atomic mass is 9.79. The zero-order valence-corrected chi connectivity index (χ0v) is 27.2. The van der Waals surface area contributed by atoms with Crippen LogP contribution < -0.4 is 20.3 Å². The molecule has 3 heterocycles. The van der Waals surface area contributed by atoms with E-state index in [0.29, 0.717) is 43.2 Å². The molecule has 2 aromatic carbocycles. The predicted octanol–water partition coefficient (Wildman–Crippen LogP) is 4.71. The van der Waals surface area contributed by atoms with E-state index in [-0.39, 0.29) is 42.7 Å². The summed E-state index contributed by atoms with van der Waals surface area (Å²) in [5.41, 5.74) is 2.96. The highest BCUT2D eigenvalue weighted by molar-refractivity contribution is 5.97. The van der Waals surface area contributed by atoms with Crippen LogP contribution in [0, 0.1) is 11.7 Å². The largest absolute Gasteiger partial charge is 0.489 e. The van der Waals surface area contributed by atoms with Gasteiger partial charge in [0.15, 0.2) is 0 Å². The third-order valence-corrected chi connectivity index (χ3v) is 9.49. The van der Waals surface area contributed by atoms with E-state index in [2.05, 4.69) is 28.5 Å². The molecule has 1 atom stereocenters. The van der Waals surface area contributed by atoms with Crippen LogP contribution in [-0.4, -0.2) is 93.2 Å². The summed E-state index contributed by atoms with van der Waals surface area (Å²) in [7, 11) is 0. The smallest absolute Gasteiger partial charge is 0.254 e. The standard InChI is InChI=1S/C33H44FN5O3.2ClH/c1-23-2-4-24(5-3-23)30-20-25(6-7-31(30)42-29-8-9-36-22-29)32(40)38-14-16-39(17-15-38)33(41)26-18-27(34)21-28(19-26)37-12-10-35-11-13-37;;/h6-7,18-21,23-24,29,35-36H,2-5,8-17,22H2,1H3;2*1H/t23?,24?,29-;;/m0../s1. The van der Waals surface area contributed by atoms with Gasteiger partial charge in [0.2, 0.25) is 0 Å². The Morgan fingerprint density at radius 3 is 2.07 bits per heavy atom. The maximum absolute atomic E-state index is 14.5. The van der Waals surface area contributed by atoms with Gasteiger partial charge in [-0.15, -0.1) is 24.8 Å². The first-order valence-electron chi connectivity index (χ1n) is 15.8. The van der Waals surface area contributed by atoms with E-state index < -0.39 is 5.82 Å². The first kappa shape index (κ1) is 34.3. The fourth-order valence-electron chi connectivity index (χ4n) is 6.87. The average Bonchev–Trinajstić information content (AvgIpc) is 3.54. The number of hydrogen-bond donors (Lipinski definition) is 2. The number of halogens is 3. The number of anilines is 1. The highest BCUT2D eigenvalue weighted by atomic mass is 35.5. The lowest BCUT2D eigenvalue weighted by Gasteiger charge is -2.35. The van der Waals surface area contributed by atoms with Crippen molar-refractivity contribution >= 4 is 42.3 Å². The van der Waals surface area contributed by atoms with E-state index in [1.54, 1.807) is 11.0 Å². The summed E-state index contributed by atoms with van der Waals surface area (Å²) in [4.78, 5) is 32.7.